The van der Waals surface area contributed by atoms with Crippen molar-refractivity contribution < 1.29 is 9.53 Å². The van der Waals surface area contributed by atoms with Gasteiger partial charge in [-0.2, -0.15) is 0 Å². The van der Waals surface area contributed by atoms with Crippen LogP contribution in [0.2, 0.25) is 0 Å². The average Bonchev–Trinajstić information content (AvgIpc) is 3.31. The van der Waals surface area contributed by atoms with Crippen LogP contribution in [0.15, 0.2) is 29.3 Å². The van der Waals surface area contributed by atoms with Gasteiger partial charge in [0.2, 0.25) is 0 Å². The monoisotopic (exact) mass is 541 g/mol. The van der Waals surface area contributed by atoms with Gasteiger partial charge in [0.05, 0.1) is 13.2 Å². The van der Waals surface area contributed by atoms with Gasteiger partial charge in [-0.3, -0.25) is 14.7 Å². The number of guanidine groups is 1. The Labute approximate surface area is 203 Å². The quantitative estimate of drug-likeness (QED) is 0.361. The fraction of sp³-hybridized carbons (Fsp3) is 0.652. The van der Waals surface area contributed by atoms with Crippen molar-refractivity contribution in [2.24, 2.45) is 4.99 Å². The fourth-order valence-electron chi connectivity index (χ4n) is 4.73. The van der Waals surface area contributed by atoms with E-state index < -0.39 is 0 Å². The van der Waals surface area contributed by atoms with Crippen LogP contribution in [0.4, 0.5) is 0 Å². The molecule has 0 aliphatic carbocycles. The van der Waals surface area contributed by atoms with E-state index >= 15 is 0 Å². The minimum atomic E-state index is 0. The van der Waals surface area contributed by atoms with Crippen molar-refractivity contribution in [3.63, 3.8) is 0 Å². The van der Waals surface area contributed by atoms with E-state index in [-0.39, 0.29) is 29.9 Å². The number of piperidine rings is 1. The Morgan fingerprint density at radius 2 is 1.74 bits per heavy atom. The molecule has 0 aromatic heterocycles. The van der Waals surface area contributed by atoms with Crippen molar-refractivity contribution in [1.29, 1.82) is 0 Å². The van der Waals surface area contributed by atoms with Crippen LogP contribution in [0.25, 0.3) is 0 Å². The van der Waals surface area contributed by atoms with Crippen LogP contribution in [0, 0.1) is 0 Å². The van der Waals surface area contributed by atoms with Crippen LogP contribution in [0.1, 0.15) is 41.6 Å². The molecule has 1 amide bonds. The molecule has 31 heavy (non-hydrogen) atoms. The average molecular weight is 541 g/mol. The Morgan fingerprint density at radius 1 is 1.03 bits per heavy atom. The van der Waals surface area contributed by atoms with E-state index in [1.807, 2.05) is 24.1 Å². The van der Waals surface area contributed by atoms with Crippen LogP contribution in [-0.2, 0) is 11.3 Å². The van der Waals surface area contributed by atoms with E-state index in [0.717, 1.165) is 82.4 Å². The van der Waals surface area contributed by atoms with E-state index in [0.29, 0.717) is 12.6 Å². The molecule has 0 radical (unpaired) electrons. The predicted molar refractivity (Wildman–Crippen MR) is 134 cm³/mol. The zero-order valence-electron chi connectivity index (χ0n) is 18.6. The molecule has 4 rings (SSSR count). The predicted octanol–water partition coefficient (Wildman–Crippen LogP) is 2.41. The number of carbonyl (C=O) groups excluding carboxylic acids is 1. The van der Waals surface area contributed by atoms with Crippen LogP contribution < -0.4 is 5.32 Å². The molecule has 3 aliphatic rings. The van der Waals surface area contributed by atoms with Crippen molar-refractivity contribution in [2.45, 2.75) is 38.3 Å². The summed E-state index contributed by atoms with van der Waals surface area (Å²) in [6.45, 7) is 8.30. The highest BCUT2D eigenvalue weighted by molar-refractivity contribution is 14.0. The molecule has 3 heterocycles. The third kappa shape index (κ3) is 6.32. The summed E-state index contributed by atoms with van der Waals surface area (Å²) in [6, 6.07) is 8.62. The summed E-state index contributed by atoms with van der Waals surface area (Å²) in [5.41, 5.74) is 1.95. The number of nitrogens with one attached hydrogen (secondary N) is 1. The topological polar surface area (TPSA) is 60.4 Å². The summed E-state index contributed by atoms with van der Waals surface area (Å²) in [5.74, 6) is 1.12. The number of likely N-dealkylation sites (tertiary alicyclic amines) is 2. The largest absolute Gasteiger partial charge is 0.379 e. The summed E-state index contributed by atoms with van der Waals surface area (Å²) in [6.07, 6.45) is 4.65. The van der Waals surface area contributed by atoms with Crippen LogP contribution in [-0.4, -0.2) is 92.1 Å². The van der Waals surface area contributed by atoms with Crippen molar-refractivity contribution in [3.05, 3.63) is 35.4 Å². The molecule has 3 saturated heterocycles. The maximum absolute atomic E-state index is 12.6. The number of halogens is 1. The number of hydrogen-bond acceptors (Lipinski definition) is 4. The van der Waals surface area contributed by atoms with Gasteiger partial charge in [0.1, 0.15) is 0 Å². The number of hydrogen-bond donors (Lipinski definition) is 1. The first-order valence-electron chi connectivity index (χ1n) is 11.4. The number of ether oxygens (including phenoxy) is 1. The molecule has 0 saturated carbocycles. The van der Waals surface area contributed by atoms with Gasteiger partial charge in [-0.25, -0.2) is 0 Å². The molecular formula is C23H36IN5O2. The number of benzene rings is 1. The molecule has 8 heteroatoms. The number of rotatable bonds is 4. The number of nitrogens with zero attached hydrogens (tertiary/aromatic N) is 4. The van der Waals surface area contributed by atoms with Gasteiger partial charge >= 0.3 is 0 Å². The second-order valence-electron chi connectivity index (χ2n) is 8.49. The van der Waals surface area contributed by atoms with E-state index in [2.05, 4.69) is 32.2 Å². The Kier molecular flexibility index (Phi) is 9.40. The van der Waals surface area contributed by atoms with E-state index in [4.69, 9.17) is 4.74 Å². The Balaban J connectivity index is 0.00000272. The van der Waals surface area contributed by atoms with E-state index in [1.165, 1.54) is 12.8 Å². The second kappa shape index (κ2) is 12.0. The Hall–Kier alpha value is -1.39. The van der Waals surface area contributed by atoms with E-state index in [1.54, 1.807) is 0 Å². The molecule has 1 aromatic rings. The van der Waals surface area contributed by atoms with Gasteiger partial charge in [0, 0.05) is 64.5 Å². The highest BCUT2D eigenvalue weighted by Gasteiger charge is 2.30. The number of carbonyl (C=O) groups is 1. The standard InChI is InChI=1S/C23H35N5O2.HI/c1-24-23(28-12-9-21(18-28)26-13-15-30-16-14-26)25-17-19-5-7-20(8-6-19)22(29)27-10-3-2-4-11-27;/h5-8,21H,2-4,9-18H2,1H3,(H,24,25);1H. The van der Waals surface area contributed by atoms with E-state index in [9.17, 15) is 4.79 Å². The number of aliphatic imine (C=N–C) groups is 1. The first-order valence-corrected chi connectivity index (χ1v) is 11.4. The zero-order chi connectivity index (χ0) is 20.8. The third-order valence-electron chi connectivity index (χ3n) is 6.53. The summed E-state index contributed by atoms with van der Waals surface area (Å²) in [4.78, 5) is 24.0. The Morgan fingerprint density at radius 3 is 2.42 bits per heavy atom. The lowest BCUT2D eigenvalue weighted by Gasteiger charge is -2.32. The summed E-state index contributed by atoms with van der Waals surface area (Å²) in [5, 5.41) is 3.50. The van der Waals surface area contributed by atoms with Gasteiger partial charge in [0.15, 0.2) is 5.96 Å². The lowest BCUT2D eigenvalue weighted by Crippen LogP contribution is -2.46. The zero-order valence-corrected chi connectivity index (χ0v) is 20.9. The SMILES string of the molecule is CN=C(NCc1ccc(C(=O)N2CCCCC2)cc1)N1CCC(N2CCOCC2)C1.I. The number of amides is 1. The summed E-state index contributed by atoms with van der Waals surface area (Å²) in [7, 11) is 1.85. The maximum atomic E-state index is 12.6. The molecule has 0 bridgehead atoms. The normalized spacial score (nSPS) is 22.9. The molecule has 1 aromatic carbocycles. The molecule has 3 aliphatic heterocycles. The first kappa shape index (κ1) is 24.3. The third-order valence-corrected chi connectivity index (χ3v) is 6.53. The maximum Gasteiger partial charge on any atom is 0.253 e. The fourth-order valence-corrected chi connectivity index (χ4v) is 4.73. The van der Waals surface area contributed by atoms with Gasteiger partial charge in [-0.1, -0.05) is 12.1 Å². The van der Waals surface area contributed by atoms with Crippen LogP contribution in [0.5, 0.6) is 0 Å². The molecule has 1 atom stereocenters. The molecule has 0 spiro atoms. The minimum Gasteiger partial charge on any atom is -0.379 e. The Bertz CT molecular complexity index is 730. The highest BCUT2D eigenvalue weighted by atomic mass is 127. The molecule has 172 valence electrons. The first-order chi connectivity index (χ1) is 14.7. The van der Waals surface area contributed by atoms with Crippen molar-refractivity contribution >= 4 is 35.8 Å². The smallest absolute Gasteiger partial charge is 0.253 e. The van der Waals surface area contributed by atoms with Crippen molar-refractivity contribution in [3.8, 4) is 0 Å². The second-order valence-corrected chi connectivity index (χ2v) is 8.49. The lowest BCUT2D eigenvalue weighted by molar-refractivity contribution is 0.0195. The van der Waals surface area contributed by atoms with Gasteiger partial charge in [0.25, 0.3) is 5.91 Å². The molecule has 3 fully saturated rings. The summed E-state index contributed by atoms with van der Waals surface area (Å²) >= 11 is 0. The molecule has 1 N–H and O–H groups in total. The number of morpholine rings is 1. The van der Waals surface area contributed by atoms with Crippen LogP contribution in [0.3, 0.4) is 0 Å². The van der Waals surface area contributed by atoms with Gasteiger partial charge in [-0.15, -0.1) is 24.0 Å². The van der Waals surface area contributed by atoms with Gasteiger partial charge < -0.3 is 19.9 Å². The van der Waals surface area contributed by atoms with Gasteiger partial charge in [-0.05, 0) is 43.4 Å². The van der Waals surface area contributed by atoms with Crippen molar-refractivity contribution in [1.82, 2.24) is 20.0 Å². The summed E-state index contributed by atoms with van der Waals surface area (Å²) < 4.78 is 5.48. The minimum absolute atomic E-state index is 0. The van der Waals surface area contributed by atoms with Crippen LogP contribution >= 0.6 is 24.0 Å². The highest BCUT2D eigenvalue weighted by Crippen LogP contribution is 2.18. The lowest BCUT2D eigenvalue weighted by atomic mass is 10.1. The molecular weight excluding hydrogens is 505 g/mol. The van der Waals surface area contributed by atoms with Crippen molar-refractivity contribution in [2.75, 3.05) is 59.5 Å². The molecule has 7 nitrogen and oxygen atoms in total. The molecule has 1 unspecified atom stereocenters.